The second-order valence-electron chi connectivity index (χ2n) is 18.3. The van der Waals surface area contributed by atoms with Crippen LogP contribution in [0.15, 0.2) is 24.3 Å². The molecule has 5 unspecified atom stereocenters. The number of Topliss-reactive ketones (excluding diaryl/α,β-unsaturated/α-hetero) is 1. The van der Waals surface area contributed by atoms with Gasteiger partial charge in [-0.25, -0.2) is 0 Å². The Bertz CT molecular complexity index is 1410. The van der Waals surface area contributed by atoms with E-state index in [2.05, 4.69) is 33.9 Å². The van der Waals surface area contributed by atoms with Gasteiger partial charge in [0.25, 0.3) is 0 Å². The number of ketones is 1. The quantitative estimate of drug-likeness (QED) is 0.399. The molecule has 290 valence electrons. The predicted molar refractivity (Wildman–Crippen MR) is 189 cm³/mol. The minimum atomic E-state index is -0.803. The first-order chi connectivity index (χ1) is 24.9. The lowest BCUT2D eigenvalue weighted by molar-refractivity contribution is -0.294. The molecule has 12 bridgehead atoms. The van der Waals surface area contributed by atoms with Crippen molar-refractivity contribution in [2.24, 2.45) is 23.5 Å². The van der Waals surface area contributed by atoms with Crippen LogP contribution in [0.25, 0.3) is 0 Å². The molecule has 10 fully saturated rings. The zero-order valence-electron chi connectivity index (χ0n) is 31.3. The number of carbonyl (C=O) groups excluding carboxylic acids is 1. The summed E-state index contributed by atoms with van der Waals surface area (Å²) in [5.74, 6) is -0.272. The summed E-state index contributed by atoms with van der Waals surface area (Å²) in [6.07, 6.45) is 6.17. The van der Waals surface area contributed by atoms with E-state index in [1.54, 1.807) is 0 Å². The van der Waals surface area contributed by atoms with Crippen LogP contribution in [-0.4, -0.2) is 114 Å². The Morgan fingerprint density at radius 1 is 0.808 bits per heavy atom. The summed E-state index contributed by atoms with van der Waals surface area (Å²) in [7, 11) is 0. The number of ether oxygens (including phenoxy) is 8. The Morgan fingerprint density at radius 3 is 2.40 bits per heavy atom. The molecule has 0 radical (unpaired) electrons. The first kappa shape index (κ1) is 36.4. The highest BCUT2D eigenvalue weighted by Gasteiger charge is 2.73. The fraction of sp³-hybridized carbons (Fsp3) is 0.878. The van der Waals surface area contributed by atoms with Crippen molar-refractivity contribution in [2.75, 3.05) is 6.54 Å². The van der Waals surface area contributed by atoms with Gasteiger partial charge in [0.2, 0.25) is 0 Å². The number of hydrogen-bond acceptors (Lipinski definition) is 11. The molecule has 52 heavy (non-hydrogen) atoms. The van der Waals surface area contributed by atoms with Gasteiger partial charge in [0.05, 0.1) is 54.9 Å². The summed E-state index contributed by atoms with van der Waals surface area (Å²) in [5, 5.41) is 10.5. The highest BCUT2D eigenvalue weighted by Crippen LogP contribution is 2.58. The molecule has 0 amide bonds. The van der Waals surface area contributed by atoms with E-state index in [1.807, 2.05) is 0 Å². The smallest absolute Gasteiger partial charge is 0.172 e. The van der Waals surface area contributed by atoms with Crippen LogP contribution in [0.4, 0.5) is 0 Å². The van der Waals surface area contributed by atoms with Crippen LogP contribution in [0.1, 0.15) is 104 Å². The number of hydrogen-bond donors (Lipinski definition) is 2. The summed E-state index contributed by atoms with van der Waals surface area (Å²) < 4.78 is 54.5. The average Bonchev–Trinajstić information content (AvgIpc) is 3.73. The van der Waals surface area contributed by atoms with Crippen LogP contribution in [0.2, 0.25) is 0 Å². The lowest BCUT2D eigenvalue weighted by atomic mass is 9.78. The highest BCUT2D eigenvalue weighted by molar-refractivity contribution is 5.79. The summed E-state index contributed by atoms with van der Waals surface area (Å²) in [5.41, 5.74) is 7.57. The van der Waals surface area contributed by atoms with Crippen molar-refractivity contribution in [3.05, 3.63) is 24.3 Å². The topological polar surface area (TPSA) is 137 Å². The highest BCUT2D eigenvalue weighted by atomic mass is 16.8. The molecular formula is C41H61NO10. The molecule has 0 aliphatic carbocycles. The van der Waals surface area contributed by atoms with Gasteiger partial charge < -0.3 is 48.7 Å². The zero-order valence-corrected chi connectivity index (χ0v) is 31.3. The maximum absolute atomic E-state index is 14.0. The van der Waals surface area contributed by atoms with Crippen molar-refractivity contribution in [1.82, 2.24) is 0 Å². The van der Waals surface area contributed by atoms with Crippen LogP contribution < -0.4 is 5.73 Å². The van der Waals surface area contributed by atoms with Crippen molar-refractivity contribution < 1.29 is 47.8 Å². The van der Waals surface area contributed by atoms with Gasteiger partial charge in [-0.3, -0.25) is 4.79 Å². The van der Waals surface area contributed by atoms with Crippen LogP contribution in [0.3, 0.4) is 0 Å². The third kappa shape index (κ3) is 6.40. The van der Waals surface area contributed by atoms with Gasteiger partial charge in [-0.1, -0.05) is 27.0 Å². The average molecular weight is 728 g/mol. The Kier molecular flexibility index (Phi) is 9.62. The standard InChI is InChI=1S/C41H61NO10/c1-20-12-26-6-8-30-21(2)13-28(45-30)10-11-41-19-40(5)39(52-41)38-37(50-40)36(51-41)35-31(49-38)9-7-27(47-35)14-24(43)15-29-23(4)32(16-25(44)18-42)48-34(29)17-33(46-26)22(20)3/h20,23,25-39,44H,2-3,6-19,42H2,1,4-5H3/t20-,23-,25?,26+,27?,28+,29-,30?,31+,32-,33?,34+,35+,36+,37+,38-,39?,40-,41-/m1/s1. The van der Waals surface area contributed by atoms with Gasteiger partial charge in [-0.05, 0) is 80.8 Å². The molecule has 10 aliphatic heterocycles. The third-order valence-electron chi connectivity index (χ3n) is 14.6. The molecule has 0 saturated carbocycles. The summed E-state index contributed by atoms with van der Waals surface area (Å²) in [6, 6.07) is 0. The number of aliphatic hydroxyl groups excluding tert-OH is 1. The Morgan fingerprint density at radius 2 is 1.58 bits per heavy atom. The van der Waals surface area contributed by atoms with Gasteiger partial charge in [-0.2, -0.15) is 0 Å². The summed E-state index contributed by atoms with van der Waals surface area (Å²) in [6.45, 7) is 15.6. The normalized spacial score (nSPS) is 53.8. The second kappa shape index (κ2) is 13.7. The van der Waals surface area contributed by atoms with E-state index >= 15 is 0 Å². The van der Waals surface area contributed by atoms with E-state index in [4.69, 9.17) is 43.6 Å². The minimum absolute atomic E-state index is 0.00566. The van der Waals surface area contributed by atoms with Crippen LogP contribution in [0.5, 0.6) is 0 Å². The van der Waals surface area contributed by atoms with Gasteiger partial charge in [-0.15, -0.1) is 0 Å². The molecule has 1 spiro atoms. The fourth-order valence-corrected chi connectivity index (χ4v) is 11.7. The van der Waals surface area contributed by atoms with Crippen molar-refractivity contribution >= 4 is 5.78 Å². The number of carbonyl (C=O) groups is 1. The molecule has 0 aromatic rings. The first-order valence-electron chi connectivity index (χ1n) is 20.5. The summed E-state index contributed by atoms with van der Waals surface area (Å²) >= 11 is 0. The summed E-state index contributed by atoms with van der Waals surface area (Å²) in [4.78, 5) is 14.0. The van der Waals surface area contributed by atoms with Gasteiger partial charge in [0.1, 0.15) is 41.9 Å². The largest absolute Gasteiger partial charge is 0.392 e. The van der Waals surface area contributed by atoms with E-state index < -0.39 is 17.5 Å². The van der Waals surface area contributed by atoms with Crippen LogP contribution in [0, 0.1) is 17.8 Å². The Hall–Kier alpha value is -1.25. The van der Waals surface area contributed by atoms with E-state index in [-0.39, 0.29) is 104 Å². The molecule has 11 heteroatoms. The van der Waals surface area contributed by atoms with Gasteiger partial charge in [0.15, 0.2) is 5.79 Å². The fourth-order valence-electron chi connectivity index (χ4n) is 11.7. The maximum Gasteiger partial charge on any atom is 0.172 e. The molecule has 3 N–H and O–H groups in total. The molecule has 0 aromatic carbocycles. The number of rotatable bonds is 3. The van der Waals surface area contributed by atoms with E-state index in [9.17, 15) is 9.90 Å². The predicted octanol–water partition coefficient (Wildman–Crippen LogP) is 4.45. The molecule has 10 rings (SSSR count). The number of fused-ring (bicyclic) bond motifs is 6. The number of nitrogens with two attached hydrogens (primary N) is 1. The van der Waals surface area contributed by atoms with Crippen molar-refractivity contribution in [1.29, 1.82) is 0 Å². The number of aliphatic hydroxyl groups is 1. The van der Waals surface area contributed by atoms with Gasteiger partial charge in [0, 0.05) is 45.1 Å². The monoisotopic (exact) mass is 727 g/mol. The molecule has 10 saturated heterocycles. The van der Waals surface area contributed by atoms with Gasteiger partial charge >= 0.3 is 0 Å². The second-order valence-corrected chi connectivity index (χ2v) is 18.3. The minimum Gasteiger partial charge on any atom is -0.392 e. The lowest BCUT2D eigenvalue weighted by Gasteiger charge is -2.47. The lowest BCUT2D eigenvalue weighted by Crippen LogP contribution is -2.61. The zero-order chi connectivity index (χ0) is 36.1. The van der Waals surface area contributed by atoms with Crippen LogP contribution >= 0.6 is 0 Å². The van der Waals surface area contributed by atoms with Crippen molar-refractivity contribution in [3.8, 4) is 0 Å². The van der Waals surface area contributed by atoms with E-state index in [0.29, 0.717) is 44.4 Å². The van der Waals surface area contributed by atoms with E-state index in [0.717, 1.165) is 56.1 Å². The maximum atomic E-state index is 14.0. The molecule has 0 aromatic heterocycles. The van der Waals surface area contributed by atoms with Crippen molar-refractivity contribution in [3.63, 3.8) is 0 Å². The molecule has 19 atom stereocenters. The van der Waals surface area contributed by atoms with Crippen LogP contribution in [-0.2, 0) is 42.7 Å². The van der Waals surface area contributed by atoms with Crippen molar-refractivity contribution in [2.45, 2.75) is 201 Å². The Balaban J connectivity index is 0.994. The molecule has 10 aliphatic rings. The third-order valence-corrected chi connectivity index (χ3v) is 14.6. The SMILES string of the molecule is C=C1C[C@@H]2CC[C@@]34C[C@@]5(C)O[C@H]6[C@@H](O3)[C@H]3OC(CC[C@@H]3O[C@H]6C5O4)CC(=O)C[C@@H]3[C@@H](C)[C@@H](CC(O)CN)O[C@H]3CC3O[C@@H](CCC1O2)C[C@@H](C)C3=C. The molecule has 10 heterocycles. The van der Waals surface area contributed by atoms with E-state index in [1.165, 1.54) is 0 Å². The molecular weight excluding hydrogens is 666 g/mol. The Labute approximate surface area is 308 Å². The molecule has 11 nitrogen and oxygen atoms in total. The first-order valence-corrected chi connectivity index (χ1v) is 20.5.